The van der Waals surface area contributed by atoms with Crippen LogP contribution in [0.5, 0.6) is 0 Å². The maximum atomic E-state index is 5.03. The van der Waals surface area contributed by atoms with Crippen LogP contribution in [-0.4, -0.2) is 84.7 Å². The molecule has 3 heterocycles. The summed E-state index contributed by atoms with van der Waals surface area (Å²) in [6.07, 6.45) is 4.27. The Balaban J connectivity index is 1.48. The number of aliphatic imine (C=N–C) groups is 1. The van der Waals surface area contributed by atoms with Crippen LogP contribution >= 0.6 is 0 Å². The molecule has 2 aliphatic heterocycles. The second kappa shape index (κ2) is 10.8. The predicted molar refractivity (Wildman–Crippen MR) is 113 cm³/mol. The van der Waals surface area contributed by atoms with Crippen molar-refractivity contribution < 1.29 is 4.52 Å². The number of piperazine rings is 1. The van der Waals surface area contributed by atoms with Crippen molar-refractivity contribution in [1.29, 1.82) is 0 Å². The van der Waals surface area contributed by atoms with Crippen LogP contribution < -0.4 is 5.32 Å². The molecule has 2 fully saturated rings. The number of hydrogen-bond acceptors (Lipinski definition) is 5. The first-order chi connectivity index (χ1) is 13.6. The highest BCUT2D eigenvalue weighted by atomic mass is 16.5. The van der Waals surface area contributed by atoms with Crippen molar-refractivity contribution >= 4 is 5.96 Å². The number of hydrogen-bond donors (Lipinski definition) is 1. The minimum atomic E-state index is 0.689. The Bertz CT molecular complexity index is 580. The van der Waals surface area contributed by atoms with Crippen molar-refractivity contribution in [3.63, 3.8) is 0 Å². The molecule has 7 nitrogen and oxygen atoms in total. The van der Waals surface area contributed by atoms with E-state index in [1.54, 1.807) is 6.26 Å². The molecule has 1 aromatic rings. The van der Waals surface area contributed by atoms with Gasteiger partial charge in [-0.1, -0.05) is 19.0 Å². The van der Waals surface area contributed by atoms with Crippen LogP contribution in [0.2, 0.25) is 0 Å². The second-order valence-corrected chi connectivity index (χ2v) is 8.61. The van der Waals surface area contributed by atoms with Gasteiger partial charge in [-0.3, -0.25) is 9.89 Å². The highest BCUT2D eigenvalue weighted by Crippen LogP contribution is 2.18. The summed E-state index contributed by atoms with van der Waals surface area (Å²) in [7, 11) is 0. The largest absolute Gasteiger partial charge is 0.364 e. The number of guanidine groups is 1. The van der Waals surface area contributed by atoms with Crippen molar-refractivity contribution in [3.05, 3.63) is 18.0 Å². The van der Waals surface area contributed by atoms with Crippen LogP contribution in [0.25, 0.3) is 0 Å². The number of piperidine rings is 1. The molecule has 1 unspecified atom stereocenters. The van der Waals surface area contributed by atoms with E-state index in [4.69, 9.17) is 9.52 Å². The summed E-state index contributed by atoms with van der Waals surface area (Å²) in [5.41, 5.74) is 1.01. The lowest BCUT2D eigenvalue weighted by Crippen LogP contribution is -2.52. The Morgan fingerprint density at radius 3 is 2.75 bits per heavy atom. The molecule has 1 aromatic heterocycles. The van der Waals surface area contributed by atoms with E-state index in [9.17, 15) is 0 Å². The maximum absolute atomic E-state index is 5.03. The first-order valence-electron chi connectivity index (χ1n) is 11.0. The summed E-state index contributed by atoms with van der Waals surface area (Å²) in [6, 6.07) is 1.95. The predicted octanol–water partition coefficient (Wildman–Crippen LogP) is 2.13. The molecule has 0 amide bonds. The van der Waals surface area contributed by atoms with Gasteiger partial charge in [0.05, 0.1) is 5.69 Å². The van der Waals surface area contributed by atoms with E-state index >= 15 is 0 Å². The van der Waals surface area contributed by atoms with Crippen LogP contribution in [0.1, 0.15) is 39.3 Å². The summed E-state index contributed by atoms with van der Waals surface area (Å²) in [5.74, 6) is 2.52. The second-order valence-electron chi connectivity index (χ2n) is 8.61. The highest BCUT2D eigenvalue weighted by molar-refractivity contribution is 5.80. The highest BCUT2D eigenvalue weighted by Gasteiger charge is 2.23. The zero-order chi connectivity index (χ0) is 19.8. The number of nitrogens with one attached hydrogen (secondary N) is 1. The van der Waals surface area contributed by atoms with Gasteiger partial charge < -0.3 is 19.6 Å². The van der Waals surface area contributed by atoms with Crippen LogP contribution in [0.4, 0.5) is 0 Å². The fourth-order valence-corrected chi connectivity index (χ4v) is 4.29. The van der Waals surface area contributed by atoms with Crippen LogP contribution in [-0.2, 0) is 6.54 Å². The van der Waals surface area contributed by atoms with Crippen LogP contribution in [0.3, 0.4) is 0 Å². The molecule has 0 saturated carbocycles. The van der Waals surface area contributed by atoms with E-state index in [1.165, 1.54) is 32.5 Å². The summed E-state index contributed by atoms with van der Waals surface area (Å²) < 4.78 is 4.95. The molecule has 158 valence electrons. The van der Waals surface area contributed by atoms with Gasteiger partial charge in [0.1, 0.15) is 6.26 Å². The standard InChI is InChI=1S/C21H38N6O/c1-4-22-21(23-14-19-6-5-8-26(16-19)15-18(2)3)27-11-9-25(10-12-27)17-20-7-13-28-24-20/h7,13,18-19H,4-6,8-12,14-17H2,1-3H3,(H,22,23). The Morgan fingerprint density at radius 1 is 1.25 bits per heavy atom. The average molecular weight is 391 g/mol. The van der Waals surface area contributed by atoms with Crippen molar-refractivity contribution in [2.75, 3.05) is 58.9 Å². The third kappa shape index (κ3) is 6.48. The molecular formula is C21H38N6O. The van der Waals surface area contributed by atoms with E-state index in [2.05, 4.69) is 45.9 Å². The lowest BCUT2D eigenvalue weighted by Gasteiger charge is -2.37. The van der Waals surface area contributed by atoms with E-state index in [0.29, 0.717) is 5.92 Å². The summed E-state index contributed by atoms with van der Waals surface area (Å²) >= 11 is 0. The third-order valence-corrected chi connectivity index (χ3v) is 5.61. The van der Waals surface area contributed by atoms with E-state index < -0.39 is 0 Å². The minimum absolute atomic E-state index is 0.689. The summed E-state index contributed by atoms with van der Waals surface area (Å²) in [5, 5.41) is 7.54. The molecule has 0 aliphatic carbocycles. The quantitative estimate of drug-likeness (QED) is 0.568. The smallest absolute Gasteiger partial charge is 0.194 e. The molecular weight excluding hydrogens is 352 g/mol. The normalized spacial score (nSPS) is 22.8. The molecule has 2 saturated heterocycles. The van der Waals surface area contributed by atoms with Crippen LogP contribution in [0, 0.1) is 11.8 Å². The SMILES string of the molecule is CCNC(=NCC1CCCN(CC(C)C)C1)N1CCN(Cc2ccon2)CC1. The van der Waals surface area contributed by atoms with Crippen molar-refractivity contribution in [2.24, 2.45) is 16.8 Å². The van der Waals surface area contributed by atoms with Crippen LogP contribution in [0.15, 0.2) is 21.8 Å². The van der Waals surface area contributed by atoms with Gasteiger partial charge in [0.15, 0.2) is 5.96 Å². The van der Waals surface area contributed by atoms with Crippen molar-refractivity contribution in [2.45, 2.75) is 40.2 Å². The average Bonchev–Trinajstić information content (AvgIpc) is 3.19. The minimum Gasteiger partial charge on any atom is -0.364 e. The van der Waals surface area contributed by atoms with Gasteiger partial charge in [0.25, 0.3) is 0 Å². The van der Waals surface area contributed by atoms with Gasteiger partial charge in [0.2, 0.25) is 0 Å². The monoisotopic (exact) mass is 390 g/mol. The van der Waals surface area contributed by atoms with Gasteiger partial charge in [-0.25, -0.2) is 0 Å². The third-order valence-electron chi connectivity index (χ3n) is 5.61. The van der Waals surface area contributed by atoms with E-state index in [0.717, 1.165) is 63.4 Å². The molecule has 7 heteroatoms. The lowest BCUT2D eigenvalue weighted by atomic mass is 9.97. The van der Waals surface area contributed by atoms with Crippen molar-refractivity contribution in [1.82, 2.24) is 25.2 Å². The molecule has 1 atom stereocenters. The zero-order valence-corrected chi connectivity index (χ0v) is 17.9. The molecule has 0 aromatic carbocycles. The summed E-state index contributed by atoms with van der Waals surface area (Å²) in [4.78, 5) is 12.5. The zero-order valence-electron chi connectivity index (χ0n) is 17.9. The Labute approximate surface area is 170 Å². The summed E-state index contributed by atoms with van der Waals surface area (Å²) in [6.45, 7) is 17.3. The Kier molecular flexibility index (Phi) is 8.15. The Hall–Kier alpha value is -1.60. The van der Waals surface area contributed by atoms with E-state index in [-0.39, 0.29) is 0 Å². The number of nitrogens with zero attached hydrogens (tertiary/aromatic N) is 5. The first kappa shape index (κ1) is 21.1. The topological polar surface area (TPSA) is 60.1 Å². The molecule has 0 radical (unpaired) electrons. The van der Waals surface area contributed by atoms with Gasteiger partial charge >= 0.3 is 0 Å². The number of rotatable bonds is 7. The lowest BCUT2D eigenvalue weighted by molar-refractivity contribution is 0.159. The van der Waals surface area contributed by atoms with Gasteiger partial charge in [-0.15, -0.1) is 0 Å². The molecule has 28 heavy (non-hydrogen) atoms. The molecule has 0 bridgehead atoms. The van der Waals surface area contributed by atoms with Gasteiger partial charge in [0, 0.05) is 65.0 Å². The fourth-order valence-electron chi connectivity index (χ4n) is 4.29. The Morgan fingerprint density at radius 2 is 2.07 bits per heavy atom. The molecule has 1 N–H and O–H groups in total. The van der Waals surface area contributed by atoms with E-state index in [1.807, 2.05) is 6.07 Å². The van der Waals surface area contributed by atoms with Gasteiger partial charge in [-0.05, 0) is 38.1 Å². The molecule has 0 spiro atoms. The first-order valence-corrected chi connectivity index (χ1v) is 11.0. The van der Waals surface area contributed by atoms with Gasteiger partial charge in [-0.2, -0.15) is 0 Å². The number of likely N-dealkylation sites (tertiary alicyclic amines) is 1. The number of aromatic nitrogens is 1. The maximum Gasteiger partial charge on any atom is 0.194 e. The fraction of sp³-hybridized carbons (Fsp3) is 0.810. The molecule has 2 aliphatic rings. The van der Waals surface area contributed by atoms with Crippen molar-refractivity contribution in [3.8, 4) is 0 Å². The molecule has 3 rings (SSSR count).